The van der Waals surface area contributed by atoms with E-state index in [2.05, 4.69) is 0 Å². The first kappa shape index (κ1) is 11.2. The van der Waals surface area contributed by atoms with Crippen molar-refractivity contribution in [2.45, 2.75) is 57.4 Å². The summed E-state index contributed by atoms with van der Waals surface area (Å²) in [4.78, 5) is 13.4. The van der Waals surface area contributed by atoms with Crippen molar-refractivity contribution in [1.82, 2.24) is 4.90 Å². The maximum atomic E-state index is 11.7. The average Bonchev–Trinajstić information content (AvgIpc) is 2.78. The Morgan fingerprint density at radius 2 is 2.00 bits per heavy atom. The van der Waals surface area contributed by atoms with Crippen molar-refractivity contribution in [3.63, 3.8) is 0 Å². The van der Waals surface area contributed by atoms with E-state index in [1.54, 1.807) is 4.90 Å². The van der Waals surface area contributed by atoms with E-state index in [1.807, 2.05) is 20.8 Å². The molecular formula is C12H17NO5. The topological polar surface area (TPSA) is 57.2 Å². The van der Waals surface area contributed by atoms with Gasteiger partial charge in [0.2, 0.25) is 5.91 Å². The maximum absolute atomic E-state index is 11.7. The van der Waals surface area contributed by atoms with E-state index < -0.39 is 5.79 Å². The minimum absolute atomic E-state index is 0.0552. The lowest BCUT2D eigenvalue weighted by Crippen LogP contribution is -2.68. The van der Waals surface area contributed by atoms with Crippen molar-refractivity contribution in [3.05, 3.63) is 0 Å². The van der Waals surface area contributed by atoms with Gasteiger partial charge in [-0.05, 0) is 20.8 Å². The van der Waals surface area contributed by atoms with E-state index in [1.165, 1.54) is 0 Å². The summed E-state index contributed by atoms with van der Waals surface area (Å²) in [6.07, 6.45) is -0.944. The Morgan fingerprint density at radius 3 is 2.78 bits per heavy atom. The number of β-lactam (4-membered cyclic amide) rings is 1. The van der Waals surface area contributed by atoms with Gasteiger partial charge < -0.3 is 23.8 Å². The minimum Gasteiger partial charge on any atom is -0.349 e. The highest BCUT2D eigenvalue weighted by molar-refractivity contribution is 5.85. The van der Waals surface area contributed by atoms with Crippen LogP contribution in [0.15, 0.2) is 0 Å². The molecule has 4 aliphatic rings. The van der Waals surface area contributed by atoms with E-state index in [0.29, 0.717) is 6.54 Å². The molecule has 0 radical (unpaired) electrons. The Hall–Kier alpha value is -0.690. The van der Waals surface area contributed by atoms with Gasteiger partial charge in [0.15, 0.2) is 12.1 Å². The summed E-state index contributed by atoms with van der Waals surface area (Å²) in [6, 6.07) is 0. The number of ether oxygens (including phenoxy) is 4. The van der Waals surface area contributed by atoms with Crippen molar-refractivity contribution < 1.29 is 23.7 Å². The van der Waals surface area contributed by atoms with Crippen molar-refractivity contribution in [2.75, 3.05) is 6.54 Å². The quantitative estimate of drug-likeness (QED) is 0.573. The first-order valence-corrected chi connectivity index (χ1v) is 6.43. The summed E-state index contributed by atoms with van der Waals surface area (Å²) >= 11 is 0. The second kappa shape index (κ2) is 3.25. The lowest BCUT2D eigenvalue weighted by molar-refractivity contribution is -0.271. The first-order chi connectivity index (χ1) is 8.46. The Kier molecular flexibility index (Phi) is 2.01. The molecule has 4 heterocycles. The first-order valence-electron chi connectivity index (χ1n) is 6.43. The molecule has 0 aromatic rings. The summed E-state index contributed by atoms with van der Waals surface area (Å²) in [6.45, 7) is 6.22. The molecule has 4 saturated heterocycles. The van der Waals surface area contributed by atoms with Crippen LogP contribution in [0.2, 0.25) is 0 Å². The average molecular weight is 255 g/mol. The van der Waals surface area contributed by atoms with Crippen LogP contribution in [0.4, 0.5) is 0 Å². The van der Waals surface area contributed by atoms with Crippen LogP contribution in [0.1, 0.15) is 20.8 Å². The molecule has 100 valence electrons. The largest absolute Gasteiger partial charge is 0.349 e. The van der Waals surface area contributed by atoms with Gasteiger partial charge in [-0.3, -0.25) is 4.79 Å². The number of carbonyl (C=O) groups excluding carboxylic acids is 1. The second-order valence-corrected chi connectivity index (χ2v) is 5.91. The molecule has 6 nitrogen and oxygen atoms in total. The third kappa shape index (κ3) is 1.29. The summed E-state index contributed by atoms with van der Waals surface area (Å²) in [5.74, 6) is -0.538. The third-order valence-electron chi connectivity index (χ3n) is 4.17. The minimum atomic E-state index is -0.623. The summed E-state index contributed by atoms with van der Waals surface area (Å²) in [5, 5.41) is 0. The van der Waals surface area contributed by atoms with Gasteiger partial charge in [-0.1, -0.05) is 0 Å². The molecule has 1 amide bonds. The fourth-order valence-corrected chi connectivity index (χ4v) is 3.30. The van der Waals surface area contributed by atoms with Crippen LogP contribution in [0.3, 0.4) is 0 Å². The van der Waals surface area contributed by atoms with Crippen LogP contribution in [-0.4, -0.2) is 54.0 Å². The van der Waals surface area contributed by atoms with Crippen LogP contribution in [-0.2, 0) is 23.7 Å². The summed E-state index contributed by atoms with van der Waals surface area (Å²) in [7, 11) is 0. The fourth-order valence-electron chi connectivity index (χ4n) is 3.30. The lowest BCUT2D eigenvalue weighted by atomic mass is 9.93. The van der Waals surface area contributed by atoms with Crippen LogP contribution < -0.4 is 0 Å². The normalized spacial score (nSPS) is 52.6. The fraction of sp³-hybridized carbons (Fsp3) is 0.917. The molecule has 4 fully saturated rings. The van der Waals surface area contributed by atoms with Crippen LogP contribution in [0.5, 0.6) is 0 Å². The Labute approximate surface area is 105 Å². The second-order valence-electron chi connectivity index (χ2n) is 5.91. The van der Waals surface area contributed by atoms with Crippen molar-refractivity contribution in [3.8, 4) is 0 Å². The number of nitrogens with zero attached hydrogens (tertiary/aromatic N) is 1. The SMILES string of the molecule is C[C@@H]1C(=O)N2C[C@H]3O[C@@H]4OC(C)(C)O[C@@H]4[C@H]3O[C@H]12. The molecule has 4 aliphatic heterocycles. The predicted molar refractivity (Wildman–Crippen MR) is 58.2 cm³/mol. The number of amides is 1. The van der Waals surface area contributed by atoms with Crippen molar-refractivity contribution >= 4 is 5.91 Å². The predicted octanol–water partition coefficient (Wildman–Crippen LogP) is 0.0660. The zero-order valence-corrected chi connectivity index (χ0v) is 10.7. The molecule has 0 spiro atoms. The Morgan fingerprint density at radius 1 is 1.22 bits per heavy atom. The van der Waals surface area contributed by atoms with Gasteiger partial charge in [-0.2, -0.15) is 0 Å². The van der Waals surface area contributed by atoms with Crippen molar-refractivity contribution in [1.29, 1.82) is 0 Å². The molecule has 0 aromatic carbocycles. The molecule has 6 heteroatoms. The van der Waals surface area contributed by atoms with Gasteiger partial charge in [0.05, 0.1) is 12.5 Å². The third-order valence-corrected chi connectivity index (χ3v) is 4.17. The molecule has 0 bridgehead atoms. The molecule has 0 N–H and O–H groups in total. The lowest BCUT2D eigenvalue weighted by Gasteiger charge is -2.51. The number of rotatable bonds is 0. The Balaban J connectivity index is 1.55. The zero-order valence-electron chi connectivity index (χ0n) is 10.7. The van der Waals surface area contributed by atoms with E-state index >= 15 is 0 Å². The monoisotopic (exact) mass is 255 g/mol. The maximum Gasteiger partial charge on any atom is 0.232 e. The van der Waals surface area contributed by atoms with Gasteiger partial charge in [-0.25, -0.2) is 0 Å². The van der Waals surface area contributed by atoms with E-state index in [0.717, 1.165) is 0 Å². The van der Waals surface area contributed by atoms with Gasteiger partial charge in [-0.15, -0.1) is 0 Å². The highest BCUT2D eigenvalue weighted by atomic mass is 16.8. The molecule has 0 aromatic heterocycles. The van der Waals surface area contributed by atoms with E-state index in [-0.39, 0.29) is 42.7 Å². The van der Waals surface area contributed by atoms with Gasteiger partial charge >= 0.3 is 0 Å². The molecular weight excluding hydrogens is 238 g/mol. The smallest absolute Gasteiger partial charge is 0.232 e. The summed E-state index contributed by atoms with van der Waals surface area (Å²) in [5.41, 5.74) is 0. The van der Waals surface area contributed by atoms with E-state index in [9.17, 15) is 4.79 Å². The number of carbonyl (C=O) groups is 1. The van der Waals surface area contributed by atoms with Gasteiger partial charge in [0, 0.05) is 0 Å². The number of fused-ring (bicyclic) bond motifs is 4. The molecule has 18 heavy (non-hydrogen) atoms. The highest BCUT2D eigenvalue weighted by Crippen LogP contribution is 2.44. The molecule has 0 aliphatic carbocycles. The van der Waals surface area contributed by atoms with Crippen LogP contribution >= 0.6 is 0 Å². The molecule has 6 atom stereocenters. The van der Waals surface area contributed by atoms with Crippen molar-refractivity contribution in [2.24, 2.45) is 5.92 Å². The Bertz CT molecular complexity index is 411. The molecule has 0 saturated carbocycles. The van der Waals surface area contributed by atoms with Crippen LogP contribution in [0.25, 0.3) is 0 Å². The molecule has 4 rings (SSSR count). The van der Waals surface area contributed by atoms with Crippen LogP contribution in [0, 0.1) is 5.92 Å². The number of hydrogen-bond acceptors (Lipinski definition) is 5. The van der Waals surface area contributed by atoms with Gasteiger partial charge in [0.1, 0.15) is 24.5 Å². The van der Waals surface area contributed by atoms with Gasteiger partial charge in [0.25, 0.3) is 0 Å². The zero-order chi connectivity index (χ0) is 12.7. The summed E-state index contributed by atoms with van der Waals surface area (Å²) < 4.78 is 23.3. The molecule has 0 unspecified atom stereocenters. The highest BCUT2D eigenvalue weighted by Gasteiger charge is 2.62. The van der Waals surface area contributed by atoms with E-state index in [4.69, 9.17) is 18.9 Å². The number of hydrogen-bond donors (Lipinski definition) is 0. The standard InChI is InChI=1S/C12H17NO5/c1-5-9(14)13-4-6-7(16-10(5)13)8-11(15-6)18-12(2,3)17-8/h5-8,10-11H,4H2,1-3H3/t5-,6-,7+,8-,10-,11-/m1/s1.